The molecule has 1 amide bonds. The Morgan fingerprint density at radius 1 is 1.45 bits per heavy atom. The summed E-state index contributed by atoms with van der Waals surface area (Å²) in [5.74, 6) is -0.565. The number of benzene rings is 1. The summed E-state index contributed by atoms with van der Waals surface area (Å²) in [6, 6.07) is 7.48. The maximum atomic E-state index is 13.1. The Morgan fingerprint density at radius 3 is 2.95 bits per heavy atom. The number of carbonyl (C=O) groups is 1. The van der Waals surface area contributed by atoms with Crippen LogP contribution in [-0.2, 0) is 4.79 Å². The van der Waals surface area contributed by atoms with E-state index in [0.29, 0.717) is 16.3 Å². The zero-order valence-electron chi connectivity index (χ0n) is 10.3. The summed E-state index contributed by atoms with van der Waals surface area (Å²) in [6.45, 7) is 0. The molecule has 3 N–H and O–H groups in total. The van der Waals surface area contributed by atoms with Crippen molar-refractivity contribution in [2.24, 2.45) is 0 Å². The van der Waals surface area contributed by atoms with E-state index in [1.165, 1.54) is 30.1 Å². The van der Waals surface area contributed by atoms with Gasteiger partial charge in [0.25, 0.3) is 0 Å². The van der Waals surface area contributed by atoms with Crippen LogP contribution in [0.15, 0.2) is 41.4 Å². The first-order valence-electron chi connectivity index (χ1n) is 5.64. The van der Waals surface area contributed by atoms with Gasteiger partial charge in [-0.3, -0.25) is 4.79 Å². The molecule has 0 spiro atoms. The standard InChI is InChI=1S/C13H11ClFN3OS/c14-13-11(2-1-3-17-13)18-12(19)7-20-10-5-8(15)4-9(16)6-10/h1-6H,7,16H2,(H,18,19). The number of rotatable bonds is 4. The number of pyridine rings is 1. The number of carbonyl (C=O) groups excluding carboxylic acids is 1. The minimum absolute atomic E-state index is 0.119. The second-order valence-corrected chi connectivity index (χ2v) is 5.31. The van der Waals surface area contributed by atoms with E-state index in [0.717, 1.165) is 0 Å². The van der Waals surface area contributed by atoms with Crippen molar-refractivity contribution in [2.75, 3.05) is 16.8 Å². The maximum Gasteiger partial charge on any atom is 0.234 e. The molecule has 1 aromatic carbocycles. The van der Waals surface area contributed by atoms with E-state index in [4.69, 9.17) is 17.3 Å². The topological polar surface area (TPSA) is 68.0 Å². The molecule has 4 nitrogen and oxygen atoms in total. The van der Waals surface area contributed by atoms with E-state index in [-0.39, 0.29) is 16.8 Å². The molecule has 1 heterocycles. The van der Waals surface area contributed by atoms with Gasteiger partial charge in [-0.1, -0.05) is 11.6 Å². The Kier molecular flexibility index (Phi) is 4.81. The molecule has 0 fully saturated rings. The number of thioether (sulfide) groups is 1. The van der Waals surface area contributed by atoms with Crippen LogP contribution in [0.4, 0.5) is 15.8 Å². The van der Waals surface area contributed by atoms with Crippen LogP contribution in [0.3, 0.4) is 0 Å². The van der Waals surface area contributed by atoms with Crippen LogP contribution in [0.1, 0.15) is 0 Å². The number of hydrogen-bond acceptors (Lipinski definition) is 4. The number of nitrogens with one attached hydrogen (secondary N) is 1. The van der Waals surface area contributed by atoms with Crippen molar-refractivity contribution in [1.29, 1.82) is 0 Å². The minimum Gasteiger partial charge on any atom is -0.399 e. The van der Waals surface area contributed by atoms with Crippen LogP contribution in [-0.4, -0.2) is 16.6 Å². The van der Waals surface area contributed by atoms with Gasteiger partial charge in [0, 0.05) is 16.8 Å². The highest BCUT2D eigenvalue weighted by atomic mass is 35.5. The van der Waals surface area contributed by atoms with Crippen LogP contribution in [0.25, 0.3) is 0 Å². The molecule has 0 aliphatic rings. The molecule has 0 aliphatic carbocycles. The van der Waals surface area contributed by atoms with Gasteiger partial charge < -0.3 is 11.1 Å². The fourth-order valence-corrected chi connectivity index (χ4v) is 2.43. The summed E-state index contributed by atoms with van der Waals surface area (Å²) < 4.78 is 13.1. The lowest BCUT2D eigenvalue weighted by atomic mass is 10.3. The van der Waals surface area contributed by atoms with Gasteiger partial charge in [0.2, 0.25) is 5.91 Å². The molecular formula is C13H11ClFN3OS. The highest BCUT2D eigenvalue weighted by molar-refractivity contribution is 8.00. The molecule has 1 aromatic heterocycles. The second-order valence-electron chi connectivity index (χ2n) is 3.90. The Hall–Kier alpha value is -1.79. The molecule has 20 heavy (non-hydrogen) atoms. The van der Waals surface area contributed by atoms with Crippen molar-refractivity contribution in [3.8, 4) is 0 Å². The molecule has 2 rings (SSSR count). The molecule has 0 saturated heterocycles. The van der Waals surface area contributed by atoms with Crippen LogP contribution in [0.2, 0.25) is 5.15 Å². The number of nitrogen functional groups attached to an aromatic ring is 1. The average molecular weight is 312 g/mol. The van der Waals surface area contributed by atoms with Crippen molar-refractivity contribution in [1.82, 2.24) is 4.98 Å². The Morgan fingerprint density at radius 2 is 2.25 bits per heavy atom. The lowest BCUT2D eigenvalue weighted by molar-refractivity contribution is -0.113. The first kappa shape index (κ1) is 14.6. The van der Waals surface area contributed by atoms with Crippen molar-refractivity contribution in [3.63, 3.8) is 0 Å². The average Bonchev–Trinajstić information content (AvgIpc) is 2.38. The van der Waals surface area contributed by atoms with E-state index in [2.05, 4.69) is 10.3 Å². The molecular weight excluding hydrogens is 301 g/mol. The molecule has 0 saturated carbocycles. The number of amides is 1. The number of nitrogens with two attached hydrogens (primary N) is 1. The predicted molar refractivity (Wildman–Crippen MR) is 79.4 cm³/mol. The van der Waals surface area contributed by atoms with E-state index in [1.807, 2.05) is 0 Å². The SMILES string of the molecule is Nc1cc(F)cc(SCC(=O)Nc2cccnc2Cl)c1. The van der Waals surface area contributed by atoms with Crippen LogP contribution < -0.4 is 11.1 Å². The molecule has 0 bridgehead atoms. The summed E-state index contributed by atoms with van der Waals surface area (Å²) in [5, 5.41) is 2.85. The van der Waals surface area contributed by atoms with Crippen molar-refractivity contribution < 1.29 is 9.18 Å². The Bertz CT molecular complexity index is 619. The second kappa shape index (κ2) is 6.58. The number of nitrogens with zero attached hydrogens (tertiary/aromatic N) is 1. The largest absolute Gasteiger partial charge is 0.399 e. The fourth-order valence-electron chi connectivity index (χ4n) is 1.48. The molecule has 7 heteroatoms. The summed E-state index contributed by atoms with van der Waals surface area (Å²) in [6.07, 6.45) is 1.53. The minimum atomic E-state index is -0.428. The van der Waals surface area contributed by atoms with Gasteiger partial charge in [0.1, 0.15) is 5.82 Å². The Labute approximate surface area is 124 Å². The Balaban J connectivity index is 1.94. The summed E-state index contributed by atoms with van der Waals surface area (Å²) in [5.41, 5.74) is 6.30. The van der Waals surface area contributed by atoms with E-state index >= 15 is 0 Å². The summed E-state index contributed by atoms with van der Waals surface area (Å²) in [7, 11) is 0. The summed E-state index contributed by atoms with van der Waals surface area (Å²) in [4.78, 5) is 16.2. The van der Waals surface area contributed by atoms with Crippen LogP contribution in [0, 0.1) is 5.82 Å². The van der Waals surface area contributed by atoms with E-state index in [1.54, 1.807) is 18.2 Å². The van der Waals surface area contributed by atoms with Gasteiger partial charge >= 0.3 is 0 Å². The number of anilines is 2. The lowest BCUT2D eigenvalue weighted by Gasteiger charge is -2.06. The third-order valence-corrected chi connectivity index (χ3v) is 3.57. The third kappa shape index (κ3) is 4.11. The monoisotopic (exact) mass is 311 g/mol. The quantitative estimate of drug-likeness (QED) is 0.517. The molecule has 2 aromatic rings. The van der Waals surface area contributed by atoms with Gasteiger partial charge in [0.05, 0.1) is 11.4 Å². The molecule has 0 atom stereocenters. The van der Waals surface area contributed by atoms with E-state index < -0.39 is 5.82 Å². The van der Waals surface area contributed by atoms with Gasteiger partial charge in [-0.2, -0.15) is 0 Å². The lowest BCUT2D eigenvalue weighted by Crippen LogP contribution is -2.14. The molecule has 0 aliphatic heterocycles. The van der Waals surface area contributed by atoms with Gasteiger partial charge in [-0.15, -0.1) is 11.8 Å². The zero-order valence-corrected chi connectivity index (χ0v) is 11.8. The summed E-state index contributed by atoms with van der Waals surface area (Å²) >= 11 is 7.01. The maximum absolute atomic E-state index is 13.1. The highest BCUT2D eigenvalue weighted by Gasteiger charge is 2.07. The highest BCUT2D eigenvalue weighted by Crippen LogP contribution is 2.23. The first-order chi connectivity index (χ1) is 9.54. The third-order valence-electron chi connectivity index (χ3n) is 2.30. The van der Waals surface area contributed by atoms with Gasteiger partial charge in [0.15, 0.2) is 5.15 Å². The number of halogens is 2. The fraction of sp³-hybridized carbons (Fsp3) is 0.0769. The zero-order chi connectivity index (χ0) is 14.5. The normalized spacial score (nSPS) is 10.3. The van der Waals surface area contributed by atoms with E-state index in [9.17, 15) is 9.18 Å². The van der Waals surface area contributed by atoms with Crippen molar-refractivity contribution in [2.45, 2.75) is 4.90 Å². The molecule has 0 unspecified atom stereocenters. The van der Waals surface area contributed by atoms with Crippen molar-refractivity contribution in [3.05, 3.63) is 47.5 Å². The van der Waals surface area contributed by atoms with Gasteiger partial charge in [-0.25, -0.2) is 9.37 Å². The van der Waals surface area contributed by atoms with Gasteiger partial charge in [-0.05, 0) is 30.3 Å². The number of aromatic nitrogens is 1. The van der Waals surface area contributed by atoms with Crippen molar-refractivity contribution >= 4 is 40.6 Å². The van der Waals surface area contributed by atoms with Crippen LogP contribution >= 0.6 is 23.4 Å². The smallest absolute Gasteiger partial charge is 0.234 e. The number of hydrogen-bond donors (Lipinski definition) is 2. The predicted octanol–water partition coefficient (Wildman–Crippen LogP) is 3.19. The molecule has 104 valence electrons. The first-order valence-corrected chi connectivity index (χ1v) is 7.00. The van der Waals surface area contributed by atoms with Crippen LogP contribution in [0.5, 0.6) is 0 Å². The molecule has 0 radical (unpaired) electrons.